The molecule has 30 heavy (non-hydrogen) atoms. The molecule has 3 N–H and O–H groups in total. The van der Waals surface area contributed by atoms with Crippen LogP contribution in [0.1, 0.15) is 5.56 Å². The number of anilines is 2. The predicted octanol–water partition coefficient (Wildman–Crippen LogP) is 4.09. The van der Waals surface area contributed by atoms with Crippen LogP contribution in [-0.4, -0.2) is 28.0 Å². The van der Waals surface area contributed by atoms with E-state index in [2.05, 4.69) is 20.9 Å². The Morgan fingerprint density at radius 1 is 0.900 bits per heavy atom. The van der Waals surface area contributed by atoms with Crippen LogP contribution in [0.4, 0.5) is 16.2 Å². The van der Waals surface area contributed by atoms with Crippen molar-refractivity contribution in [1.82, 2.24) is 14.9 Å². The van der Waals surface area contributed by atoms with Crippen molar-refractivity contribution < 1.29 is 9.59 Å². The Labute approximate surface area is 173 Å². The summed E-state index contributed by atoms with van der Waals surface area (Å²) >= 11 is 0. The molecule has 7 heteroatoms. The van der Waals surface area contributed by atoms with Gasteiger partial charge in [0.25, 0.3) is 0 Å². The Hall–Kier alpha value is -4.13. The molecule has 7 nitrogen and oxygen atoms in total. The molecule has 0 unspecified atom stereocenters. The lowest BCUT2D eigenvalue weighted by molar-refractivity contribution is -0.115. The topological polar surface area (TPSA) is 88.0 Å². The van der Waals surface area contributed by atoms with E-state index in [1.807, 2.05) is 78.2 Å². The van der Waals surface area contributed by atoms with Crippen LogP contribution in [0.15, 0.2) is 79.1 Å². The van der Waals surface area contributed by atoms with Gasteiger partial charge in [-0.05, 0) is 61.0 Å². The Balaban J connectivity index is 1.32. The van der Waals surface area contributed by atoms with Gasteiger partial charge >= 0.3 is 6.03 Å². The Kier molecular flexibility index (Phi) is 5.43. The number of para-hydroxylation sites is 2. The normalized spacial score (nSPS) is 10.6. The van der Waals surface area contributed by atoms with Crippen molar-refractivity contribution in [2.45, 2.75) is 6.92 Å². The number of aromatic nitrogens is 2. The van der Waals surface area contributed by atoms with Crippen LogP contribution < -0.4 is 16.0 Å². The highest BCUT2D eigenvalue weighted by Gasteiger charge is 2.08. The molecular weight excluding hydrogens is 378 g/mol. The summed E-state index contributed by atoms with van der Waals surface area (Å²) in [5.41, 5.74) is 5.24. The minimum atomic E-state index is -0.432. The molecule has 0 aliphatic heterocycles. The van der Waals surface area contributed by atoms with E-state index in [1.54, 1.807) is 12.4 Å². The van der Waals surface area contributed by atoms with Gasteiger partial charge in [-0.1, -0.05) is 24.3 Å². The van der Waals surface area contributed by atoms with Gasteiger partial charge in [0.1, 0.15) is 6.33 Å². The number of urea groups is 1. The molecule has 0 saturated heterocycles. The zero-order valence-corrected chi connectivity index (χ0v) is 16.4. The average Bonchev–Trinajstić information content (AvgIpc) is 3.17. The highest BCUT2D eigenvalue weighted by molar-refractivity contribution is 5.97. The highest BCUT2D eigenvalue weighted by Crippen LogP contribution is 2.19. The number of rotatable bonds is 5. The third kappa shape index (κ3) is 4.47. The van der Waals surface area contributed by atoms with Gasteiger partial charge in [-0.3, -0.25) is 9.36 Å². The van der Waals surface area contributed by atoms with Gasteiger partial charge in [-0.15, -0.1) is 0 Å². The molecule has 0 saturated carbocycles. The SMILES string of the molecule is Cc1cccc(NC(=O)NCC(=O)Nc2ccc(-n3cnc4ccccc43)cc2)c1. The number of hydrogen-bond donors (Lipinski definition) is 3. The van der Waals surface area contributed by atoms with Gasteiger partial charge in [0.2, 0.25) is 5.91 Å². The van der Waals surface area contributed by atoms with Gasteiger partial charge in [0.05, 0.1) is 17.6 Å². The van der Waals surface area contributed by atoms with Crippen molar-refractivity contribution in [3.63, 3.8) is 0 Å². The summed E-state index contributed by atoms with van der Waals surface area (Å²) in [7, 11) is 0. The lowest BCUT2D eigenvalue weighted by Crippen LogP contribution is -2.35. The first-order chi connectivity index (χ1) is 14.6. The fourth-order valence-corrected chi connectivity index (χ4v) is 3.13. The van der Waals surface area contributed by atoms with E-state index in [-0.39, 0.29) is 12.5 Å². The largest absolute Gasteiger partial charge is 0.329 e. The van der Waals surface area contributed by atoms with Crippen LogP contribution in [0.3, 0.4) is 0 Å². The van der Waals surface area contributed by atoms with Gasteiger partial charge in [-0.25, -0.2) is 9.78 Å². The molecule has 3 aromatic carbocycles. The molecule has 0 atom stereocenters. The van der Waals surface area contributed by atoms with E-state index in [1.165, 1.54) is 0 Å². The second kappa shape index (κ2) is 8.48. The summed E-state index contributed by atoms with van der Waals surface area (Å²) in [5, 5.41) is 8.02. The minimum absolute atomic E-state index is 0.133. The van der Waals surface area contributed by atoms with Gasteiger partial charge < -0.3 is 16.0 Å². The zero-order valence-electron chi connectivity index (χ0n) is 16.4. The van der Waals surface area contributed by atoms with E-state index >= 15 is 0 Å². The molecule has 1 aromatic heterocycles. The number of carbonyl (C=O) groups is 2. The van der Waals surface area contributed by atoms with Crippen molar-refractivity contribution in [1.29, 1.82) is 0 Å². The summed E-state index contributed by atoms with van der Waals surface area (Å²) < 4.78 is 1.98. The number of hydrogen-bond acceptors (Lipinski definition) is 3. The van der Waals surface area contributed by atoms with Crippen LogP contribution >= 0.6 is 0 Å². The van der Waals surface area contributed by atoms with E-state index in [4.69, 9.17) is 0 Å². The number of nitrogens with zero attached hydrogens (tertiary/aromatic N) is 2. The third-order valence-electron chi connectivity index (χ3n) is 4.57. The molecule has 0 radical (unpaired) electrons. The molecule has 3 amide bonds. The molecule has 150 valence electrons. The fourth-order valence-electron chi connectivity index (χ4n) is 3.13. The van der Waals surface area contributed by atoms with E-state index in [0.29, 0.717) is 11.4 Å². The quantitative estimate of drug-likeness (QED) is 0.472. The van der Waals surface area contributed by atoms with Crippen LogP contribution in [0.5, 0.6) is 0 Å². The number of benzene rings is 3. The monoisotopic (exact) mass is 399 g/mol. The molecule has 4 rings (SSSR count). The number of aryl methyl sites for hydroxylation is 1. The first-order valence-electron chi connectivity index (χ1n) is 9.52. The second-order valence-electron chi connectivity index (χ2n) is 6.88. The number of fused-ring (bicyclic) bond motifs is 1. The molecular formula is C23H21N5O2. The third-order valence-corrected chi connectivity index (χ3v) is 4.57. The summed E-state index contributed by atoms with van der Waals surface area (Å²) in [4.78, 5) is 28.5. The molecule has 0 aliphatic rings. The smallest absolute Gasteiger partial charge is 0.319 e. The first-order valence-corrected chi connectivity index (χ1v) is 9.52. The van der Waals surface area contributed by atoms with Crippen LogP contribution in [0, 0.1) is 6.92 Å². The lowest BCUT2D eigenvalue weighted by Gasteiger charge is -2.10. The molecule has 0 bridgehead atoms. The molecule has 0 fully saturated rings. The summed E-state index contributed by atoms with van der Waals surface area (Å²) in [6, 6.07) is 22.3. The van der Waals surface area contributed by atoms with Gasteiger partial charge in [0, 0.05) is 17.1 Å². The molecule has 0 aliphatic carbocycles. The minimum Gasteiger partial charge on any atom is -0.329 e. The number of nitrogens with one attached hydrogen (secondary N) is 3. The summed E-state index contributed by atoms with van der Waals surface area (Å²) in [6.45, 7) is 1.81. The summed E-state index contributed by atoms with van der Waals surface area (Å²) in [5.74, 6) is -0.310. The van der Waals surface area contributed by atoms with Crippen molar-refractivity contribution in [3.8, 4) is 5.69 Å². The van der Waals surface area contributed by atoms with Crippen LogP contribution in [0.25, 0.3) is 16.7 Å². The van der Waals surface area contributed by atoms with Crippen LogP contribution in [0.2, 0.25) is 0 Å². The average molecular weight is 399 g/mol. The molecule has 4 aromatic rings. The van der Waals surface area contributed by atoms with E-state index in [9.17, 15) is 9.59 Å². The van der Waals surface area contributed by atoms with Gasteiger partial charge in [0.15, 0.2) is 0 Å². The maximum absolute atomic E-state index is 12.1. The van der Waals surface area contributed by atoms with Crippen molar-refractivity contribution in [3.05, 3.63) is 84.7 Å². The highest BCUT2D eigenvalue weighted by atomic mass is 16.2. The van der Waals surface area contributed by atoms with Crippen molar-refractivity contribution in [2.75, 3.05) is 17.2 Å². The second-order valence-corrected chi connectivity index (χ2v) is 6.88. The maximum atomic E-state index is 12.1. The Morgan fingerprint density at radius 2 is 1.70 bits per heavy atom. The standard InChI is InChI=1S/C23H21N5O2/c1-16-5-4-6-18(13-16)27-23(30)24-14-22(29)26-17-9-11-19(12-10-17)28-15-25-20-7-2-3-8-21(20)28/h2-13,15H,14H2,1H3,(H,26,29)(H2,24,27,30). The van der Waals surface area contributed by atoms with Gasteiger partial charge in [-0.2, -0.15) is 0 Å². The summed E-state index contributed by atoms with van der Waals surface area (Å²) in [6.07, 6.45) is 1.77. The van der Waals surface area contributed by atoms with E-state index < -0.39 is 6.03 Å². The number of carbonyl (C=O) groups excluding carboxylic acids is 2. The van der Waals surface area contributed by atoms with Crippen molar-refractivity contribution >= 4 is 34.3 Å². The van der Waals surface area contributed by atoms with Crippen molar-refractivity contribution in [2.24, 2.45) is 0 Å². The van der Waals surface area contributed by atoms with E-state index in [0.717, 1.165) is 22.3 Å². The molecule has 0 spiro atoms. The van der Waals surface area contributed by atoms with Crippen LogP contribution in [-0.2, 0) is 4.79 Å². The Bertz CT molecular complexity index is 1200. The Morgan fingerprint density at radius 3 is 2.50 bits per heavy atom. The fraction of sp³-hybridized carbons (Fsp3) is 0.0870. The molecule has 1 heterocycles. The maximum Gasteiger partial charge on any atom is 0.319 e. The zero-order chi connectivity index (χ0) is 20.9. The first kappa shape index (κ1) is 19.2. The number of imidazole rings is 1. The lowest BCUT2D eigenvalue weighted by atomic mass is 10.2. The number of amides is 3. The predicted molar refractivity (Wildman–Crippen MR) is 118 cm³/mol.